The lowest BCUT2D eigenvalue weighted by Gasteiger charge is -2.12. The third-order valence-electron chi connectivity index (χ3n) is 4.34. The van der Waals surface area contributed by atoms with Crippen LogP contribution in [0.15, 0.2) is 65.6 Å². The molecule has 0 bridgehead atoms. The van der Waals surface area contributed by atoms with Crippen LogP contribution in [0.25, 0.3) is 11.0 Å². The number of hydrogen-bond acceptors (Lipinski definition) is 5. The molecule has 4 aromatic rings. The van der Waals surface area contributed by atoms with Gasteiger partial charge in [-0.15, -0.1) is 12.4 Å². The maximum absolute atomic E-state index is 12.8. The number of nitrogens with one attached hydrogen (secondary N) is 1. The van der Waals surface area contributed by atoms with Crippen LogP contribution in [0.2, 0.25) is 10.0 Å². The maximum Gasteiger partial charge on any atom is 0.294 e. The number of para-hydroxylation sites is 1. The molecule has 30 heavy (non-hydrogen) atoms. The third-order valence-corrected chi connectivity index (χ3v) is 4.94. The Labute approximate surface area is 188 Å². The summed E-state index contributed by atoms with van der Waals surface area (Å²) >= 11 is 12.3. The van der Waals surface area contributed by atoms with Gasteiger partial charge in [-0.1, -0.05) is 59.6 Å². The molecule has 0 radical (unpaired) electrons. The van der Waals surface area contributed by atoms with Crippen molar-refractivity contribution in [3.05, 3.63) is 86.8 Å². The lowest BCUT2D eigenvalue weighted by atomic mass is 10.2. The van der Waals surface area contributed by atoms with E-state index in [1.54, 1.807) is 37.5 Å². The Morgan fingerprint density at radius 3 is 2.47 bits per heavy atom. The fraction of sp³-hybridized carbons (Fsp3) is 0.0952. The quantitative estimate of drug-likeness (QED) is 0.425. The van der Waals surface area contributed by atoms with Gasteiger partial charge in [0.05, 0.1) is 10.0 Å². The summed E-state index contributed by atoms with van der Waals surface area (Å²) < 4.78 is 7.13. The minimum Gasteiger partial charge on any atom is -0.448 e. The van der Waals surface area contributed by atoms with Crippen molar-refractivity contribution >= 4 is 52.6 Å². The van der Waals surface area contributed by atoms with E-state index in [1.807, 2.05) is 30.3 Å². The molecule has 0 aliphatic rings. The number of hydrogen-bond donors (Lipinski definition) is 1. The van der Waals surface area contributed by atoms with E-state index in [4.69, 9.17) is 27.9 Å². The van der Waals surface area contributed by atoms with Gasteiger partial charge in [0, 0.05) is 25.2 Å². The maximum atomic E-state index is 12.8. The number of ether oxygens (including phenoxy) is 1. The largest absolute Gasteiger partial charge is 0.448 e. The highest BCUT2D eigenvalue weighted by Crippen LogP contribution is 2.35. The summed E-state index contributed by atoms with van der Waals surface area (Å²) in [6.45, 7) is 0.576. The molecular weight excluding hydrogens is 447 g/mol. The second-order valence-corrected chi connectivity index (χ2v) is 7.15. The average molecular weight is 464 g/mol. The number of anilines is 1. The van der Waals surface area contributed by atoms with Crippen LogP contribution in [0, 0.1) is 0 Å². The summed E-state index contributed by atoms with van der Waals surface area (Å²) in [5.74, 6) is 0.747. The Balaban J connectivity index is 0.00000256. The Bertz CT molecular complexity index is 1230. The molecule has 0 saturated heterocycles. The molecule has 0 saturated carbocycles. The van der Waals surface area contributed by atoms with Gasteiger partial charge in [0.25, 0.3) is 5.56 Å². The van der Waals surface area contributed by atoms with Crippen molar-refractivity contribution in [1.29, 1.82) is 0 Å². The molecule has 4 rings (SSSR count). The van der Waals surface area contributed by atoms with E-state index in [0.717, 1.165) is 5.56 Å². The highest BCUT2D eigenvalue weighted by atomic mass is 35.5. The molecule has 0 aliphatic carbocycles. The lowest BCUT2D eigenvalue weighted by Crippen LogP contribution is -2.19. The number of aromatic nitrogens is 3. The van der Waals surface area contributed by atoms with E-state index in [9.17, 15) is 4.79 Å². The predicted molar refractivity (Wildman–Crippen MR) is 122 cm³/mol. The van der Waals surface area contributed by atoms with Crippen LogP contribution in [0.1, 0.15) is 5.56 Å². The highest BCUT2D eigenvalue weighted by molar-refractivity contribution is 6.37. The Hall–Kier alpha value is -2.80. The molecule has 0 aliphatic heterocycles. The number of fused-ring (bicyclic) bond motifs is 1. The van der Waals surface area contributed by atoms with Crippen molar-refractivity contribution in [1.82, 2.24) is 14.5 Å². The van der Waals surface area contributed by atoms with Gasteiger partial charge in [0.15, 0.2) is 11.5 Å². The molecule has 2 aromatic heterocycles. The molecule has 0 atom stereocenters. The van der Waals surface area contributed by atoms with Gasteiger partial charge in [-0.05, 0) is 23.8 Å². The van der Waals surface area contributed by atoms with Crippen LogP contribution in [0.3, 0.4) is 0 Å². The predicted octanol–water partition coefficient (Wildman–Crippen LogP) is 5.46. The van der Waals surface area contributed by atoms with E-state index in [-0.39, 0.29) is 29.5 Å². The van der Waals surface area contributed by atoms with Gasteiger partial charge in [0.1, 0.15) is 5.65 Å². The molecule has 6 nitrogen and oxygen atoms in total. The van der Waals surface area contributed by atoms with Crippen molar-refractivity contribution in [2.24, 2.45) is 7.05 Å². The van der Waals surface area contributed by atoms with Gasteiger partial charge in [0.2, 0.25) is 5.95 Å². The zero-order valence-electron chi connectivity index (χ0n) is 15.8. The fourth-order valence-corrected chi connectivity index (χ4v) is 3.32. The summed E-state index contributed by atoms with van der Waals surface area (Å²) in [6.07, 6.45) is 1.64. The SMILES string of the molecule is Cl.Cn1c(=O)c(Oc2c(Cl)cccc2Cl)cc2cnc(NCc3ccccc3)nc21. The van der Waals surface area contributed by atoms with Crippen LogP contribution in [-0.4, -0.2) is 14.5 Å². The van der Waals surface area contributed by atoms with Crippen LogP contribution >= 0.6 is 35.6 Å². The minimum absolute atomic E-state index is 0. The Morgan fingerprint density at radius 1 is 1.07 bits per heavy atom. The van der Waals surface area contributed by atoms with Crippen molar-refractivity contribution in [2.45, 2.75) is 6.54 Å². The van der Waals surface area contributed by atoms with Gasteiger partial charge in [-0.2, -0.15) is 4.98 Å². The first kappa shape index (κ1) is 21.9. The van der Waals surface area contributed by atoms with Crippen molar-refractivity contribution < 1.29 is 4.74 Å². The molecule has 0 fully saturated rings. The standard InChI is InChI=1S/C21H16Cl2N4O2.ClH/c1-27-19-14(12-25-21(26-19)24-11-13-6-3-2-4-7-13)10-17(20(27)28)29-18-15(22)8-5-9-16(18)23;/h2-10,12H,11H2,1H3,(H,24,25,26);1H. The van der Waals surface area contributed by atoms with Crippen molar-refractivity contribution in [3.8, 4) is 11.5 Å². The summed E-state index contributed by atoms with van der Waals surface area (Å²) in [4.78, 5) is 21.6. The molecule has 0 amide bonds. The number of aryl methyl sites for hydroxylation is 1. The third kappa shape index (κ3) is 4.51. The molecule has 1 N–H and O–H groups in total. The van der Waals surface area contributed by atoms with Crippen LogP contribution in [-0.2, 0) is 13.6 Å². The first-order valence-corrected chi connectivity index (χ1v) is 9.55. The van der Waals surface area contributed by atoms with Crippen LogP contribution < -0.4 is 15.6 Å². The van der Waals surface area contributed by atoms with Gasteiger partial charge < -0.3 is 10.1 Å². The lowest BCUT2D eigenvalue weighted by molar-refractivity contribution is 0.472. The Morgan fingerprint density at radius 2 is 1.77 bits per heavy atom. The molecular formula is C21H17Cl3N4O2. The zero-order valence-corrected chi connectivity index (χ0v) is 18.1. The summed E-state index contributed by atoms with van der Waals surface area (Å²) in [7, 11) is 1.62. The summed E-state index contributed by atoms with van der Waals surface area (Å²) in [5, 5.41) is 4.45. The number of nitrogens with zero attached hydrogens (tertiary/aromatic N) is 3. The minimum atomic E-state index is -0.360. The molecule has 0 unspecified atom stereocenters. The van der Waals surface area contributed by atoms with Gasteiger partial charge >= 0.3 is 0 Å². The molecule has 154 valence electrons. The normalized spacial score (nSPS) is 10.5. The Kier molecular flexibility index (Phi) is 6.82. The van der Waals surface area contributed by atoms with E-state index in [2.05, 4.69) is 15.3 Å². The van der Waals surface area contributed by atoms with E-state index in [0.29, 0.717) is 33.6 Å². The summed E-state index contributed by atoms with van der Waals surface area (Å²) in [5.41, 5.74) is 1.23. The molecule has 0 spiro atoms. The van der Waals surface area contributed by atoms with E-state index >= 15 is 0 Å². The number of pyridine rings is 1. The van der Waals surface area contributed by atoms with E-state index < -0.39 is 0 Å². The average Bonchev–Trinajstić information content (AvgIpc) is 2.73. The topological polar surface area (TPSA) is 69.0 Å². The van der Waals surface area contributed by atoms with Crippen LogP contribution in [0.5, 0.6) is 11.5 Å². The number of rotatable bonds is 5. The highest BCUT2D eigenvalue weighted by Gasteiger charge is 2.14. The zero-order chi connectivity index (χ0) is 20.4. The second-order valence-electron chi connectivity index (χ2n) is 6.34. The molecule has 2 heterocycles. The fourth-order valence-electron chi connectivity index (χ4n) is 2.84. The van der Waals surface area contributed by atoms with E-state index in [1.165, 1.54) is 4.57 Å². The first-order chi connectivity index (χ1) is 14.0. The first-order valence-electron chi connectivity index (χ1n) is 8.79. The molecule has 9 heteroatoms. The second kappa shape index (κ2) is 9.34. The number of benzene rings is 2. The molecule has 2 aromatic carbocycles. The van der Waals surface area contributed by atoms with Crippen LogP contribution in [0.4, 0.5) is 5.95 Å². The van der Waals surface area contributed by atoms with Crippen molar-refractivity contribution in [3.63, 3.8) is 0 Å². The van der Waals surface area contributed by atoms with Crippen molar-refractivity contribution in [2.75, 3.05) is 5.32 Å². The summed E-state index contributed by atoms with van der Waals surface area (Å²) in [6, 6.07) is 16.5. The monoisotopic (exact) mass is 462 g/mol. The number of halogens is 3. The van der Waals surface area contributed by atoms with Gasteiger partial charge in [-0.25, -0.2) is 4.98 Å². The smallest absolute Gasteiger partial charge is 0.294 e. The van der Waals surface area contributed by atoms with Gasteiger partial charge in [-0.3, -0.25) is 9.36 Å².